The highest BCUT2D eigenvalue weighted by Crippen LogP contribution is 2.32. The third-order valence-electron chi connectivity index (χ3n) is 4.52. The molecule has 0 bridgehead atoms. The zero-order valence-electron chi connectivity index (χ0n) is 14.5. The second-order valence-corrected chi connectivity index (χ2v) is 7.97. The molecule has 1 atom stereocenters. The molecule has 130 valence electrons. The highest BCUT2D eigenvalue weighted by molar-refractivity contribution is 7.99. The maximum absolute atomic E-state index is 5.43. The van der Waals surface area contributed by atoms with Crippen LogP contribution in [-0.2, 0) is 6.42 Å². The van der Waals surface area contributed by atoms with Crippen molar-refractivity contribution in [2.24, 2.45) is 5.92 Å². The number of thioether (sulfide) groups is 1. The van der Waals surface area contributed by atoms with Crippen molar-refractivity contribution in [3.05, 3.63) is 36.1 Å². The van der Waals surface area contributed by atoms with Crippen molar-refractivity contribution in [3.63, 3.8) is 0 Å². The van der Waals surface area contributed by atoms with Gasteiger partial charge in [-0.3, -0.25) is 0 Å². The lowest BCUT2D eigenvalue weighted by molar-refractivity contribution is 0.190. The van der Waals surface area contributed by atoms with Crippen LogP contribution in [0.15, 0.2) is 33.9 Å². The molecule has 1 saturated heterocycles. The summed E-state index contributed by atoms with van der Waals surface area (Å²) >= 11 is 1.64. The molecular formula is C18H26N4OS. The minimum atomic E-state index is 0.115. The van der Waals surface area contributed by atoms with E-state index < -0.39 is 0 Å². The Morgan fingerprint density at radius 2 is 2.17 bits per heavy atom. The highest BCUT2D eigenvalue weighted by atomic mass is 32.2. The number of pyridine rings is 1. The van der Waals surface area contributed by atoms with Gasteiger partial charge in [0.1, 0.15) is 0 Å². The fourth-order valence-corrected chi connectivity index (χ4v) is 3.77. The summed E-state index contributed by atoms with van der Waals surface area (Å²) in [6.45, 7) is 8.02. The Kier molecular flexibility index (Phi) is 6.26. The van der Waals surface area contributed by atoms with Crippen LogP contribution in [0, 0.1) is 5.92 Å². The lowest BCUT2D eigenvalue weighted by atomic mass is 9.99. The standard InChI is InChI=1S/C18H26N4OS/c1-14-8-12-22(13-9-14)11-5-6-16-20-18(23-21-16)15(2)24-17-7-3-4-10-19-17/h3-4,7,10,14-15H,5-6,8-9,11-13H2,1-2H3/t15-/m0/s1. The Morgan fingerprint density at radius 1 is 1.33 bits per heavy atom. The summed E-state index contributed by atoms with van der Waals surface area (Å²) in [6, 6.07) is 5.91. The van der Waals surface area contributed by atoms with Crippen LogP contribution in [0.25, 0.3) is 0 Å². The smallest absolute Gasteiger partial charge is 0.239 e. The Bertz CT molecular complexity index is 610. The normalized spacial score (nSPS) is 17.9. The van der Waals surface area contributed by atoms with E-state index in [0.717, 1.165) is 36.2 Å². The number of likely N-dealkylation sites (tertiary alicyclic amines) is 1. The minimum absolute atomic E-state index is 0.115. The van der Waals surface area contributed by atoms with Crippen molar-refractivity contribution in [1.82, 2.24) is 20.0 Å². The van der Waals surface area contributed by atoms with Crippen LogP contribution in [-0.4, -0.2) is 39.7 Å². The Morgan fingerprint density at radius 3 is 2.92 bits per heavy atom. The van der Waals surface area contributed by atoms with Crippen LogP contribution in [0.2, 0.25) is 0 Å². The van der Waals surface area contributed by atoms with E-state index in [1.165, 1.54) is 25.9 Å². The predicted octanol–water partition coefficient (Wildman–Crippen LogP) is 3.98. The predicted molar refractivity (Wildman–Crippen MR) is 96.0 cm³/mol. The molecule has 3 heterocycles. The molecule has 0 amide bonds. The van der Waals surface area contributed by atoms with Gasteiger partial charge in [0.25, 0.3) is 0 Å². The SMILES string of the molecule is CC1CCN(CCCc2noc([C@H](C)Sc3ccccn3)n2)CC1. The van der Waals surface area contributed by atoms with Gasteiger partial charge in [-0.25, -0.2) is 4.98 Å². The molecule has 0 spiro atoms. The van der Waals surface area contributed by atoms with Crippen molar-refractivity contribution in [2.45, 2.75) is 49.8 Å². The molecule has 0 radical (unpaired) electrons. The molecule has 0 aromatic carbocycles. The Hall–Kier alpha value is -1.40. The van der Waals surface area contributed by atoms with Crippen LogP contribution in [0.4, 0.5) is 0 Å². The summed E-state index contributed by atoms with van der Waals surface area (Å²) in [5.74, 6) is 2.40. The topological polar surface area (TPSA) is 55.1 Å². The van der Waals surface area contributed by atoms with Gasteiger partial charge in [-0.1, -0.05) is 29.9 Å². The molecular weight excluding hydrogens is 320 g/mol. The van der Waals surface area contributed by atoms with Gasteiger partial charge in [-0.2, -0.15) is 4.98 Å². The molecule has 1 aliphatic rings. The number of piperidine rings is 1. The molecule has 6 heteroatoms. The van der Waals surface area contributed by atoms with Crippen LogP contribution >= 0.6 is 11.8 Å². The van der Waals surface area contributed by atoms with Crippen LogP contribution in [0.3, 0.4) is 0 Å². The first-order valence-electron chi connectivity index (χ1n) is 8.83. The fourth-order valence-electron chi connectivity index (χ4n) is 2.93. The molecule has 0 N–H and O–H groups in total. The number of aromatic nitrogens is 3. The quantitative estimate of drug-likeness (QED) is 0.707. The lowest BCUT2D eigenvalue weighted by Crippen LogP contribution is -2.33. The van der Waals surface area contributed by atoms with Crippen molar-refractivity contribution in [1.29, 1.82) is 0 Å². The third-order valence-corrected chi connectivity index (χ3v) is 5.56. The average molecular weight is 347 g/mol. The van der Waals surface area contributed by atoms with Crippen molar-refractivity contribution in [3.8, 4) is 0 Å². The summed E-state index contributed by atoms with van der Waals surface area (Å²) < 4.78 is 5.43. The first kappa shape index (κ1) is 17.4. The zero-order chi connectivity index (χ0) is 16.8. The first-order chi connectivity index (χ1) is 11.7. The summed E-state index contributed by atoms with van der Waals surface area (Å²) in [5, 5.41) is 5.23. The average Bonchev–Trinajstić information content (AvgIpc) is 3.07. The van der Waals surface area contributed by atoms with Crippen LogP contribution in [0.5, 0.6) is 0 Å². The molecule has 24 heavy (non-hydrogen) atoms. The van der Waals surface area contributed by atoms with Gasteiger partial charge in [-0.15, -0.1) is 0 Å². The second kappa shape index (κ2) is 8.62. The van der Waals surface area contributed by atoms with Crippen LogP contribution in [0.1, 0.15) is 50.1 Å². The molecule has 0 aliphatic carbocycles. The van der Waals surface area contributed by atoms with E-state index in [2.05, 4.69) is 33.9 Å². The second-order valence-electron chi connectivity index (χ2n) is 6.60. The molecule has 0 saturated carbocycles. The fraction of sp³-hybridized carbons (Fsp3) is 0.611. The number of rotatable bonds is 7. The molecule has 2 aromatic rings. The van der Waals surface area contributed by atoms with Gasteiger partial charge < -0.3 is 9.42 Å². The molecule has 1 fully saturated rings. The highest BCUT2D eigenvalue weighted by Gasteiger charge is 2.17. The van der Waals surface area contributed by atoms with Gasteiger partial charge in [0, 0.05) is 12.6 Å². The number of hydrogen-bond acceptors (Lipinski definition) is 6. The van der Waals surface area contributed by atoms with Crippen molar-refractivity contribution >= 4 is 11.8 Å². The van der Waals surface area contributed by atoms with Gasteiger partial charge in [-0.05, 0) is 63.9 Å². The zero-order valence-corrected chi connectivity index (χ0v) is 15.3. The van der Waals surface area contributed by atoms with Gasteiger partial charge in [0.15, 0.2) is 5.82 Å². The minimum Gasteiger partial charge on any atom is -0.338 e. The number of aryl methyl sites for hydroxylation is 1. The summed E-state index contributed by atoms with van der Waals surface area (Å²) in [4.78, 5) is 11.4. The maximum atomic E-state index is 5.43. The van der Waals surface area contributed by atoms with Gasteiger partial charge in [0.05, 0.1) is 10.3 Å². The van der Waals surface area contributed by atoms with Crippen molar-refractivity contribution < 1.29 is 4.52 Å². The summed E-state index contributed by atoms with van der Waals surface area (Å²) in [5.41, 5.74) is 0. The van der Waals surface area contributed by atoms with E-state index in [1.807, 2.05) is 18.2 Å². The maximum Gasteiger partial charge on any atom is 0.239 e. The molecule has 0 unspecified atom stereocenters. The largest absolute Gasteiger partial charge is 0.338 e. The molecule has 1 aliphatic heterocycles. The first-order valence-corrected chi connectivity index (χ1v) is 9.71. The monoisotopic (exact) mass is 346 g/mol. The number of nitrogens with zero attached hydrogens (tertiary/aromatic N) is 4. The molecule has 2 aromatic heterocycles. The van der Waals surface area contributed by atoms with E-state index in [4.69, 9.17) is 4.52 Å². The molecule has 3 rings (SSSR count). The van der Waals surface area contributed by atoms with Crippen LogP contribution < -0.4 is 0 Å². The van der Waals surface area contributed by atoms with E-state index in [1.54, 1.807) is 18.0 Å². The third kappa shape index (κ3) is 5.05. The molecule has 5 nitrogen and oxygen atoms in total. The van der Waals surface area contributed by atoms with Gasteiger partial charge in [0.2, 0.25) is 5.89 Å². The summed E-state index contributed by atoms with van der Waals surface area (Å²) in [6.07, 6.45) is 6.44. The van der Waals surface area contributed by atoms with E-state index in [-0.39, 0.29) is 5.25 Å². The van der Waals surface area contributed by atoms with Crippen molar-refractivity contribution in [2.75, 3.05) is 19.6 Å². The van der Waals surface area contributed by atoms with E-state index in [0.29, 0.717) is 5.89 Å². The van der Waals surface area contributed by atoms with E-state index in [9.17, 15) is 0 Å². The lowest BCUT2D eigenvalue weighted by Gasteiger charge is -2.29. The Balaban J connectivity index is 1.43. The summed E-state index contributed by atoms with van der Waals surface area (Å²) in [7, 11) is 0. The Labute approximate surface area is 148 Å². The number of hydrogen-bond donors (Lipinski definition) is 0. The van der Waals surface area contributed by atoms with Gasteiger partial charge >= 0.3 is 0 Å². The van der Waals surface area contributed by atoms with E-state index >= 15 is 0 Å².